The molecular formula is C14H16N2S2. The van der Waals surface area contributed by atoms with Gasteiger partial charge in [0.2, 0.25) is 0 Å². The first-order valence-corrected chi connectivity index (χ1v) is 7.07. The Kier molecular flexibility index (Phi) is 4.33. The summed E-state index contributed by atoms with van der Waals surface area (Å²) in [5.74, 6) is 0. The van der Waals surface area contributed by atoms with Crippen molar-refractivity contribution in [2.45, 2.75) is 13.0 Å². The number of thiophene rings is 1. The van der Waals surface area contributed by atoms with E-state index in [1.807, 2.05) is 7.05 Å². The summed E-state index contributed by atoms with van der Waals surface area (Å²) in [6.45, 7) is 2.09. The van der Waals surface area contributed by atoms with E-state index in [1.165, 1.54) is 16.0 Å². The minimum absolute atomic E-state index is 0.116. The average molecular weight is 276 g/mol. The number of aryl methyl sites for hydroxylation is 1. The predicted molar refractivity (Wildman–Crippen MR) is 82.1 cm³/mol. The first kappa shape index (κ1) is 13.1. The first-order valence-electron chi connectivity index (χ1n) is 5.79. The standard InChI is InChI=1S/C14H16N2S2/c1-10-5-7-11(8-6-10)13(16-14(17)15-2)12-4-3-9-18-12/h3-9,13H,1-2H3,(H2,15,16,17)/t13-/m0/s1. The molecule has 0 aliphatic heterocycles. The van der Waals surface area contributed by atoms with Gasteiger partial charge in [0.15, 0.2) is 5.11 Å². The third-order valence-corrected chi connectivity index (χ3v) is 4.00. The summed E-state index contributed by atoms with van der Waals surface area (Å²) in [5, 5.41) is 9.04. The van der Waals surface area contributed by atoms with Crippen molar-refractivity contribution in [3.63, 3.8) is 0 Å². The van der Waals surface area contributed by atoms with E-state index in [-0.39, 0.29) is 6.04 Å². The molecule has 1 atom stereocenters. The Morgan fingerprint density at radius 1 is 1.22 bits per heavy atom. The summed E-state index contributed by atoms with van der Waals surface area (Å²) in [4.78, 5) is 1.26. The molecule has 1 aromatic carbocycles. The third-order valence-electron chi connectivity index (χ3n) is 2.74. The van der Waals surface area contributed by atoms with E-state index in [4.69, 9.17) is 12.2 Å². The molecule has 2 aromatic rings. The highest BCUT2D eigenvalue weighted by Gasteiger charge is 2.15. The van der Waals surface area contributed by atoms with Gasteiger partial charge >= 0.3 is 0 Å². The summed E-state index contributed by atoms with van der Waals surface area (Å²) < 4.78 is 0. The fraction of sp³-hybridized carbons (Fsp3) is 0.214. The van der Waals surface area contributed by atoms with Crippen LogP contribution >= 0.6 is 23.6 Å². The Labute approximate surface area is 117 Å². The monoisotopic (exact) mass is 276 g/mol. The minimum Gasteiger partial charge on any atom is -0.366 e. The van der Waals surface area contributed by atoms with Crippen LogP contribution in [0.4, 0.5) is 0 Å². The molecule has 0 aliphatic carbocycles. The van der Waals surface area contributed by atoms with Gasteiger partial charge < -0.3 is 10.6 Å². The van der Waals surface area contributed by atoms with Crippen molar-refractivity contribution >= 4 is 28.7 Å². The number of hydrogen-bond acceptors (Lipinski definition) is 2. The van der Waals surface area contributed by atoms with E-state index >= 15 is 0 Å². The van der Waals surface area contributed by atoms with Gasteiger partial charge in [-0.05, 0) is 36.2 Å². The van der Waals surface area contributed by atoms with Crippen molar-refractivity contribution in [3.05, 3.63) is 57.8 Å². The summed E-state index contributed by atoms with van der Waals surface area (Å²) in [5.41, 5.74) is 2.49. The van der Waals surface area contributed by atoms with Gasteiger partial charge in [0.25, 0.3) is 0 Å². The molecule has 0 saturated heterocycles. The second-order valence-electron chi connectivity index (χ2n) is 4.08. The van der Waals surface area contributed by atoms with Gasteiger partial charge in [0.1, 0.15) is 0 Å². The lowest BCUT2D eigenvalue weighted by molar-refractivity contribution is 0.766. The number of nitrogens with one attached hydrogen (secondary N) is 2. The molecule has 4 heteroatoms. The van der Waals surface area contributed by atoms with Gasteiger partial charge in [0, 0.05) is 11.9 Å². The zero-order chi connectivity index (χ0) is 13.0. The van der Waals surface area contributed by atoms with Crippen LogP contribution < -0.4 is 10.6 Å². The van der Waals surface area contributed by atoms with Crippen molar-refractivity contribution in [1.29, 1.82) is 0 Å². The van der Waals surface area contributed by atoms with Crippen molar-refractivity contribution in [3.8, 4) is 0 Å². The highest BCUT2D eigenvalue weighted by molar-refractivity contribution is 7.80. The van der Waals surface area contributed by atoms with Gasteiger partial charge in [-0.1, -0.05) is 35.9 Å². The summed E-state index contributed by atoms with van der Waals surface area (Å²) in [6.07, 6.45) is 0. The summed E-state index contributed by atoms with van der Waals surface area (Å²) >= 11 is 6.95. The Morgan fingerprint density at radius 3 is 2.50 bits per heavy atom. The highest BCUT2D eigenvalue weighted by atomic mass is 32.1. The van der Waals surface area contributed by atoms with Crippen LogP contribution in [0.2, 0.25) is 0 Å². The molecular weight excluding hydrogens is 260 g/mol. The molecule has 1 aromatic heterocycles. The lowest BCUT2D eigenvalue weighted by atomic mass is 10.0. The molecule has 1 heterocycles. The van der Waals surface area contributed by atoms with E-state index in [0.29, 0.717) is 5.11 Å². The maximum absolute atomic E-state index is 5.21. The average Bonchev–Trinajstić information content (AvgIpc) is 2.90. The van der Waals surface area contributed by atoms with E-state index < -0.39 is 0 Å². The van der Waals surface area contributed by atoms with Crippen LogP contribution in [0.25, 0.3) is 0 Å². The molecule has 18 heavy (non-hydrogen) atoms. The molecule has 0 unspecified atom stereocenters. The van der Waals surface area contributed by atoms with Crippen LogP contribution in [0, 0.1) is 6.92 Å². The van der Waals surface area contributed by atoms with Gasteiger partial charge in [-0.25, -0.2) is 0 Å². The Morgan fingerprint density at radius 2 is 1.94 bits per heavy atom. The Balaban J connectivity index is 2.30. The quantitative estimate of drug-likeness (QED) is 0.842. The van der Waals surface area contributed by atoms with E-state index in [0.717, 1.165) is 0 Å². The zero-order valence-corrected chi connectivity index (χ0v) is 12.1. The van der Waals surface area contributed by atoms with Gasteiger partial charge in [0.05, 0.1) is 6.04 Å². The largest absolute Gasteiger partial charge is 0.366 e. The fourth-order valence-electron chi connectivity index (χ4n) is 1.74. The topological polar surface area (TPSA) is 24.1 Å². The van der Waals surface area contributed by atoms with Gasteiger partial charge in [-0.2, -0.15) is 0 Å². The highest BCUT2D eigenvalue weighted by Crippen LogP contribution is 2.26. The van der Waals surface area contributed by atoms with Gasteiger partial charge in [-0.15, -0.1) is 11.3 Å². The Bertz CT molecular complexity index is 503. The van der Waals surface area contributed by atoms with Crippen LogP contribution in [0.1, 0.15) is 22.0 Å². The second kappa shape index (κ2) is 5.98. The molecule has 2 N–H and O–H groups in total. The maximum atomic E-state index is 5.21. The van der Waals surface area contributed by atoms with E-state index in [1.54, 1.807) is 11.3 Å². The molecule has 2 rings (SSSR count). The van der Waals surface area contributed by atoms with Crippen LogP contribution in [0.3, 0.4) is 0 Å². The molecule has 0 bridgehead atoms. The lowest BCUT2D eigenvalue weighted by Gasteiger charge is -2.19. The number of hydrogen-bond donors (Lipinski definition) is 2. The van der Waals surface area contributed by atoms with E-state index in [2.05, 4.69) is 59.3 Å². The molecule has 0 spiro atoms. The lowest BCUT2D eigenvalue weighted by Crippen LogP contribution is -2.35. The molecule has 0 fully saturated rings. The smallest absolute Gasteiger partial charge is 0.166 e. The molecule has 0 aliphatic rings. The summed E-state index contributed by atoms with van der Waals surface area (Å²) in [6, 6.07) is 12.8. The first-order chi connectivity index (χ1) is 8.70. The van der Waals surface area contributed by atoms with Gasteiger partial charge in [-0.3, -0.25) is 0 Å². The second-order valence-corrected chi connectivity index (χ2v) is 5.47. The van der Waals surface area contributed by atoms with Crippen LogP contribution in [0.15, 0.2) is 41.8 Å². The van der Waals surface area contributed by atoms with Crippen molar-refractivity contribution in [2.75, 3.05) is 7.05 Å². The number of thiocarbonyl (C=S) groups is 1. The van der Waals surface area contributed by atoms with Crippen LogP contribution in [-0.4, -0.2) is 12.2 Å². The number of rotatable bonds is 3. The molecule has 94 valence electrons. The predicted octanol–water partition coefficient (Wildman–Crippen LogP) is 3.24. The molecule has 0 amide bonds. The fourth-order valence-corrected chi connectivity index (χ4v) is 2.66. The Hall–Kier alpha value is -1.39. The van der Waals surface area contributed by atoms with E-state index in [9.17, 15) is 0 Å². The normalized spacial score (nSPS) is 11.9. The van der Waals surface area contributed by atoms with Crippen molar-refractivity contribution < 1.29 is 0 Å². The third kappa shape index (κ3) is 3.09. The van der Waals surface area contributed by atoms with Crippen LogP contribution in [-0.2, 0) is 0 Å². The zero-order valence-electron chi connectivity index (χ0n) is 10.4. The maximum Gasteiger partial charge on any atom is 0.166 e. The minimum atomic E-state index is 0.116. The SMILES string of the molecule is CNC(=S)N[C@@H](c1ccc(C)cc1)c1cccs1. The van der Waals surface area contributed by atoms with Crippen molar-refractivity contribution in [1.82, 2.24) is 10.6 Å². The van der Waals surface area contributed by atoms with Crippen LogP contribution in [0.5, 0.6) is 0 Å². The summed E-state index contributed by atoms with van der Waals surface area (Å²) in [7, 11) is 1.83. The molecule has 2 nitrogen and oxygen atoms in total. The molecule has 0 saturated carbocycles. The van der Waals surface area contributed by atoms with Crippen molar-refractivity contribution in [2.24, 2.45) is 0 Å². The number of benzene rings is 1. The molecule has 0 radical (unpaired) electrons.